The SMILES string of the molecule is CCN(Cc1nccn1C)C1CCNC1. The highest BCUT2D eigenvalue weighted by molar-refractivity contribution is 4.93. The van der Waals surface area contributed by atoms with E-state index in [-0.39, 0.29) is 0 Å². The summed E-state index contributed by atoms with van der Waals surface area (Å²) in [5.74, 6) is 1.16. The molecule has 0 spiro atoms. The topological polar surface area (TPSA) is 33.1 Å². The molecule has 1 N–H and O–H groups in total. The molecular formula is C11H20N4. The van der Waals surface area contributed by atoms with Gasteiger partial charge in [-0.05, 0) is 19.5 Å². The third kappa shape index (κ3) is 2.38. The molecular weight excluding hydrogens is 188 g/mol. The molecule has 1 aliphatic rings. The minimum Gasteiger partial charge on any atom is -0.337 e. The molecule has 1 aromatic heterocycles. The van der Waals surface area contributed by atoms with Crippen LogP contribution in [0, 0.1) is 0 Å². The van der Waals surface area contributed by atoms with Crippen LogP contribution >= 0.6 is 0 Å². The van der Waals surface area contributed by atoms with E-state index in [0.717, 1.165) is 32.0 Å². The average Bonchev–Trinajstić information content (AvgIpc) is 2.86. The van der Waals surface area contributed by atoms with E-state index in [0.29, 0.717) is 6.04 Å². The predicted octanol–water partition coefficient (Wildman–Crippen LogP) is 0.604. The molecule has 1 fully saturated rings. The minimum atomic E-state index is 0.687. The minimum absolute atomic E-state index is 0.687. The summed E-state index contributed by atoms with van der Waals surface area (Å²) in [6.07, 6.45) is 5.14. The van der Waals surface area contributed by atoms with Crippen LogP contribution < -0.4 is 5.32 Å². The van der Waals surface area contributed by atoms with Gasteiger partial charge < -0.3 is 9.88 Å². The Bertz CT molecular complexity index is 301. The lowest BCUT2D eigenvalue weighted by Crippen LogP contribution is -2.36. The van der Waals surface area contributed by atoms with E-state index in [1.54, 1.807) is 0 Å². The van der Waals surface area contributed by atoms with Crippen molar-refractivity contribution in [2.24, 2.45) is 7.05 Å². The van der Waals surface area contributed by atoms with Crippen molar-refractivity contribution in [3.05, 3.63) is 18.2 Å². The Morgan fingerprint density at radius 3 is 3.07 bits per heavy atom. The summed E-state index contributed by atoms with van der Waals surface area (Å²) in [6.45, 7) is 6.56. The number of hydrogen-bond donors (Lipinski definition) is 1. The van der Waals surface area contributed by atoms with Gasteiger partial charge in [-0.1, -0.05) is 6.92 Å². The standard InChI is InChI=1S/C11H20N4/c1-3-15(10-4-5-12-8-10)9-11-13-6-7-14(11)2/h6-7,10,12H,3-5,8-9H2,1-2H3. The smallest absolute Gasteiger partial charge is 0.122 e. The van der Waals surface area contributed by atoms with Gasteiger partial charge in [0.1, 0.15) is 5.82 Å². The first-order chi connectivity index (χ1) is 7.31. The Morgan fingerprint density at radius 1 is 1.67 bits per heavy atom. The van der Waals surface area contributed by atoms with E-state index in [1.807, 2.05) is 12.4 Å². The fourth-order valence-electron chi connectivity index (χ4n) is 2.18. The predicted molar refractivity (Wildman–Crippen MR) is 60.6 cm³/mol. The first-order valence-electron chi connectivity index (χ1n) is 5.72. The Hall–Kier alpha value is -0.870. The first-order valence-corrected chi connectivity index (χ1v) is 5.72. The van der Waals surface area contributed by atoms with Gasteiger partial charge >= 0.3 is 0 Å². The second-order valence-electron chi connectivity index (χ2n) is 4.16. The van der Waals surface area contributed by atoms with Crippen molar-refractivity contribution in [2.45, 2.75) is 25.9 Å². The van der Waals surface area contributed by atoms with E-state index in [9.17, 15) is 0 Å². The number of nitrogens with zero attached hydrogens (tertiary/aromatic N) is 3. The third-order valence-corrected chi connectivity index (χ3v) is 3.22. The fraction of sp³-hybridized carbons (Fsp3) is 0.727. The van der Waals surface area contributed by atoms with Crippen LogP contribution in [-0.2, 0) is 13.6 Å². The van der Waals surface area contributed by atoms with Gasteiger partial charge in [0.05, 0.1) is 6.54 Å². The van der Waals surface area contributed by atoms with Crippen molar-refractivity contribution < 1.29 is 0 Å². The molecule has 1 saturated heterocycles. The zero-order valence-electron chi connectivity index (χ0n) is 9.61. The van der Waals surface area contributed by atoms with Gasteiger partial charge in [0.15, 0.2) is 0 Å². The molecule has 0 aliphatic carbocycles. The van der Waals surface area contributed by atoms with E-state index in [2.05, 4.69) is 33.7 Å². The van der Waals surface area contributed by atoms with E-state index in [4.69, 9.17) is 0 Å². The Kier molecular flexibility index (Phi) is 3.38. The maximum atomic E-state index is 4.38. The molecule has 84 valence electrons. The van der Waals surface area contributed by atoms with Crippen LogP contribution in [0.3, 0.4) is 0 Å². The number of imidazole rings is 1. The van der Waals surface area contributed by atoms with Gasteiger partial charge in [-0.2, -0.15) is 0 Å². The summed E-state index contributed by atoms with van der Waals surface area (Å²) in [7, 11) is 2.06. The number of rotatable bonds is 4. The molecule has 0 saturated carbocycles. The lowest BCUT2D eigenvalue weighted by molar-refractivity contribution is 0.203. The zero-order valence-corrected chi connectivity index (χ0v) is 9.61. The number of aryl methyl sites for hydroxylation is 1. The number of hydrogen-bond acceptors (Lipinski definition) is 3. The summed E-state index contributed by atoms with van der Waals surface area (Å²) in [6, 6.07) is 0.687. The molecule has 1 atom stereocenters. The fourth-order valence-corrected chi connectivity index (χ4v) is 2.18. The van der Waals surface area contributed by atoms with Gasteiger partial charge in [-0.25, -0.2) is 4.98 Å². The largest absolute Gasteiger partial charge is 0.337 e. The molecule has 0 amide bonds. The van der Waals surface area contributed by atoms with Crippen molar-refractivity contribution >= 4 is 0 Å². The molecule has 0 radical (unpaired) electrons. The van der Waals surface area contributed by atoms with Crippen molar-refractivity contribution in [2.75, 3.05) is 19.6 Å². The highest BCUT2D eigenvalue weighted by atomic mass is 15.2. The Morgan fingerprint density at radius 2 is 2.53 bits per heavy atom. The summed E-state index contributed by atoms with van der Waals surface area (Å²) < 4.78 is 2.10. The molecule has 1 unspecified atom stereocenters. The van der Waals surface area contributed by atoms with Gasteiger partial charge in [0.2, 0.25) is 0 Å². The second kappa shape index (κ2) is 4.77. The van der Waals surface area contributed by atoms with Crippen molar-refractivity contribution in [3.8, 4) is 0 Å². The maximum absolute atomic E-state index is 4.38. The van der Waals surface area contributed by atoms with Crippen LogP contribution in [-0.4, -0.2) is 40.1 Å². The van der Waals surface area contributed by atoms with Crippen LogP contribution in [0.5, 0.6) is 0 Å². The van der Waals surface area contributed by atoms with Gasteiger partial charge in [-0.3, -0.25) is 4.90 Å². The monoisotopic (exact) mass is 208 g/mol. The first kappa shape index (κ1) is 10.6. The quantitative estimate of drug-likeness (QED) is 0.787. The van der Waals surface area contributed by atoms with E-state index in [1.165, 1.54) is 6.42 Å². The van der Waals surface area contributed by atoms with Crippen molar-refractivity contribution in [1.29, 1.82) is 0 Å². The normalized spacial score (nSPS) is 21.4. The van der Waals surface area contributed by atoms with E-state index >= 15 is 0 Å². The van der Waals surface area contributed by atoms with Gasteiger partial charge in [0.25, 0.3) is 0 Å². The van der Waals surface area contributed by atoms with E-state index < -0.39 is 0 Å². The lowest BCUT2D eigenvalue weighted by atomic mass is 10.2. The number of nitrogens with one attached hydrogen (secondary N) is 1. The highest BCUT2D eigenvalue weighted by Gasteiger charge is 2.21. The van der Waals surface area contributed by atoms with Gasteiger partial charge in [-0.15, -0.1) is 0 Å². The molecule has 2 rings (SSSR count). The Balaban J connectivity index is 1.98. The molecule has 15 heavy (non-hydrogen) atoms. The summed E-state index contributed by atoms with van der Waals surface area (Å²) in [5.41, 5.74) is 0. The van der Waals surface area contributed by atoms with Crippen molar-refractivity contribution in [3.63, 3.8) is 0 Å². The zero-order chi connectivity index (χ0) is 10.7. The molecule has 4 nitrogen and oxygen atoms in total. The summed E-state index contributed by atoms with van der Waals surface area (Å²) >= 11 is 0. The number of likely N-dealkylation sites (N-methyl/N-ethyl adjacent to an activating group) is 1. The molecule has 2 heterocycles. The van der Waals surface area contributed by atoms with Crippen LogP contribution in [0.15, 0.2) is 12.4 Å². The molecule has 1 aromatic rings. The average molecular weight is 208 g/mol. The molecule has 4 heteroatoms. The van der Waals surface area contributed by atoms with Crippen LogP contribution in [0.25, 0.3) is 0 Å². The summed E-state index contributed by atoms with van der Waals surface area (Å²) in [4.78, 5) is 6.88. The van der Waals surface area contributed by atoms with Crippen molar-refractivity contribution in [1.82, 2.24) is 19.8 Å². The summed E-state index contributed by atoms with van der Waals surface area (Å²) in [5, 5.41) is 3.41. The molecule has 0 aromatic carbocycles. The second-order valence-corrected chi connectivity index (χ2v) is 4.16. The van der Waals surface area contributed by atoms with Crippen LogP contribution in [0.1, 0.15) is 19.2 Å². The highest BCUT2D eigenvalue weighted by Crippen LogP contribution is 2.11. The lowest BCUT2D eigenvalue weighted by Gasteiger charge is -2.26. The van der Waals surface area contributed by atoms with Crippen LogP contribution in [0.2, 0.25) is 0 Å². The maximum Gasteiger partial charge on any atom is 0.122 e. The Labute approximate surface area is 91.3 Å². The molecule has 1 aliphatic heterocycles. The van der Waals surface area contributed by atoms with Gasteiger partial charge in [0, 0.05) is 32.0 Å². The third-order valence-electron chi connectivity index (χ3n) is 3.22. The number of aromatic nitrogens is 2. The van der Waals surface area contributed by atoms with Crippen LogP contribution in [0.4, 0.5) is 0 Å². The molecule has 0 bridgehead atoms.